The first-order chi connectivity index (χ1) is 15.3. The second-order valence-corrected chi connectivity index (χ2v) is 10.3. The number of anilines is 1. The van der Waals surface area contributed by atoms with Crippen molar-refractivity contribution in [1.29, 1.82) is 0 Å². The number of nitrogens with one attached hydrogen (secondary N) is 1. The Bertz CT molecular complexity index is 933. The summed E-state index contributed by atoms with van der Waals surface area (Å²) in [6.07, 6.45) is 16.0. The van der Waals surface area contributed by atoms with Crippen LogP contribution in [0.2, 0.25) is 0 Å². The molecule has 2 saturated heterocycles. The van der Waals surface area contributed by atoms with E-state index in [1.165, 1.54) is 68.2 Å². The number of nitrogens with zero attached hydrogens (tertiary/aromatic N) is 3. The Morgan fingerprint density at radius 1 is 1.10 bits per heavy atom. The maximum Gasteiger partial charge on any atom is 0.223 e. The first-order valence-corrected chi connectivity index (χ1v) is 12.4. The predicted octanol–water partition coefficient (Wildman–Crippen LogP) is 4.79. The Morgan fingerprint density at radius 3 is 2.84 bits per heavy atom. The third kappa shape index (κ3) is 3.56. The van der Waals surface area contributed by atoms with Gasteiger partial charge in [-0.05, 0) is 73.6 Å². The lowest BCUT2D eigenvalue weighted by Gasteiger charge is -2.30. The topological polar surface area (TPSA) is 52.2 Å². The summed E-state index contributed by atoms with van der Waals surface area (Å²) in [5.41, 5.74) is 5.25. The molecule has 2 bridgehead atoms. The second kappa shape index (κ2) is 7.99. The van der Waals surface area contributed by atoms with Gasteiger partial charge in [0, 0.05) is 49.0 Å². The Labute approximate surface area is 185 Å². The average molecular weight is 419 g/mol. The summed E-state index contributed by atoms with van der Waals surface area (Å²) in [5.74, 6) is 1.75. The molecular weight excluding hydrogens is 384 g/mol. The molecule has 1 aliphatic carbocycles. The van der Waals surface area contributed by atoms with Gasteiger partial charge in [-0.2, -0.15) is 5.10 Å². The van der Waals surface area contributed by atoms with Gasteiger partial charge in [0.15, 0.2) is 0 Å². The van der Waals surface area contributed by atoms with Gasteiger partial charge in [-0.15, -0.1) is 0 Å². The van der Waals surface area contributed by atoms with Crippen LogP contribution in [0.5, 0.6) is 0 Å². The zero-order chi connectivity index (χ0) is 20.8. The number of fused-ring (bicyclic) bond motifs is 3. The third-order valence-corrected chi connectivity index (χ3v) is 8.50. The number of hydrogen-bond acceptors (Lipinski definition) is 3. The smallest absolute Gasteiger partial charge is 0.223 e. The van der Waals surface area contributed by atoms with Crippen LogP contribution in [-0.2, 0) is 11.2 Å². The van der Waals surface area contributed by atoms with Crippen molar-refractivity contribution in [2.24, 2.45) is 11.8 Å². The summed E-state index contributed by atoms with van der Waals surface area (Å²) in [4.78, 5) is 18.1. The first-order valence-electron chi connectivity index (χ1n) is 12.4. The number of hydrogen-bond donors (Lipinski definition) is 1. The van der Waals surface area contributed by atoms with Gasteiger partial charge in [-0.3, -0.25) is 9.89 Å². The number of H-pyrrole nitrogens is 1. The highest BCUT2D eigenvalue weighted by atomic mass is 16.2. The number of carbonyl (C=O) groups excluding carboxylic acids is 1. The molecule has 1 saturated carbocycles. The van der Waals surface area contributed by atoms with E-state index in [-0.39, 0.29) is 0 Å². The molecule has 1 N–H and O–H groups in total. The summed E-state index contributed by atoms with van der Waals surface area (Å²) in [5, 5.41) is 7.00. The summed E-state index contributed by atoms with van der Waals surface area (Å²) < 4.78 is 0. The van der Waals surface area contributed by atoms with Crippen LogP contribution in [-0.4, -0.2) is 46.2 Å². The molecule has 4 aliphatic rings. The summed E-state index contributed by atoms with van der Waals surface area (Å²) in [6, 6.07) is 7.85. The molecule has 31 heavy (non-hydrogen) atoms. The lowest BCUT2D eigenvalue weighted by atomic mass is 9.86. The van der Waals surface area contributed by atoms with Gasteiger partial charge in [0.2, 0.25) is 5.91 Å². The molecule has 5 nitrogen and oxygen atoms in total. The van der Waals surface area contributed by atoms with Gasteiger partial charge >= 0.3 is 0 Å². The molecule has 3 fully saturated rings. The number of benzene rings is 1. The molecule has 0 spiro atoms. The third-order valence-electron chi connectivity index (χ3n) is 8.50. The largest absolute Gasteiger partial charge is 0.371 e. The van der Waals surface area contributed by atoms with Crippen LogP contribution in [0.1, 0.15) is 63.4 Å². The lowest BCUT2D eigenvalue weighted by molar-refractivity contribution is -0.133. The molecule has 3 aliphatic heterocycles. The first kappa shape index (κ1) is 19.4. The molecule has 3 unspecified atom stereocenters. The van der Waals surface area contributed by atoms with Gasteiger partial charge in [-0.25, -0.2) is 0 Å². The van der Waals surface area contributed by atoms with Crippen molar-refractivity contribution in [2.45, 2.75) is 76.3 Å². The van der Waals surface area contributed by atoms with E-state index >= 15 is 0 Å². The summed E-state index contributed by atoms with van der Waals surface area (Å²) >= 11 is 0. The molecule has 1 aromatic carbocycles. The van der Waals surface area contributed by atoms with Crippen molar-refractivity contribution in [2.75, 3.05) is 18.0 Å². The minimum absolute atomic E-state index is 0.466. The van der Waals surface area contributed by atoms with Crippen LogP contribution in [0.15, 0.2) is 30.6 Å². The normalized spacial score (nSPS) is 27.8. The number of rotatable bonds is 5. The van der Waals surface area contributed by atoms with Crippen molar-refractivity contribution in [3.05, 3.63) is 36.2 Å². The monoisotopic (exact) mass is 418 g/mol. The summed E-state index contributed by atoms with van der Waals surface area (Å²) in [7, 11) is 0. The number of aromatic amines is 1. The van der Waals surface area contributed by atoms with E-state index in [2.05, 4.69) is 38.2 Å². The van der Waals surface area contributed by atoms with Gasteiger partial charge in [-0.1, -0.05) is 25.3 Å². The number of amides is 1. The Hall–Kier alpha value is -2.30. The SMILES string of the molecule is O=C(CC1CCCCC1)N1C2CCC1C(CN1CCc3cc(-c4cn[nH]c4)ccc31)C2. The van der Waals surface area contributed by atoms with Gasteiger partial charge in [0.25, 0.3) is 0 Å². The van der Waals surface area contributed by atoms with Crippen LogP contribution in [0.25, 0.3) is 11.1 Å². The molecule has 6 rings (SSSR count). The van der Waals surface area contributed by atoms with Crippen LogP contribution >= 0.6 is 0 Å². The maximum atomic E-state index is 13.2. The molecule has 5 heteroatoms. The Balaban J connectivity index is 1.12. The molecule has 1 aromatic heterocycles. The highest BCUT2D eigenvalue weighted by Crippen LogP contribution is 2.44. The van der Waals surface area contributed by atoms with E-state index in [0.29, 0.717) is 29.8 Å². The zero-order valence-electron chi connectivity index (χ0n) is 18.4. The van der Waals surface area contributed by atoms with E-state index in [9.17, 15) is 4.79 Å². The van der Waals surface area contributed by atoms with Crippen molar-refractivity contribution >= 4 is 11.6 Å². The van der Waals surface area contributed by atoms with Crippen molar-refractivity contribution in [1.82, 2.24) is 15.1 Å². The van der Waals surface area contributed by atoms with E-state index in [1.807, 2.05) is 12.4 Å². The van der Waals surface area contributed by atoms with E-state index in [1.54, 1.807) is 0 Å². The van der Waals surface area contributed by atoms with Crippen LogP contribution in [0.4, 0.5) is 5.69 Å². The molecular formula is C26H34N4O. The standard InChI is InChI=1S/C26H34N4O/c31-26(12-18-4-2-1-3-5-18)30-23-7-9-25(30)21(14-23)17-29-11-10-20-13-19(6-8-24(20)29)22-15-27-28-16-22/h6,8,13,15-16,18,21,23,25H,1-5,7,9-12,14,17H2,(H,27,28). The van der Waals surface area contributed by atoms with Crippen molar-refractivity contribution < 1.29 is 4.79 Å². The maximum absolute atomic E-state index is 13.2. The molecule has 1 amide bonds. The van der Waals surface area contributed by atoms with E-state index < -0.39 is 0 Å². The fraction of sp³-hybridized carbons (Fsp3) is 0.615. The predicted molar refractivity (Wildman–Crippen MR) is 123 cm³/mol. The Kier molecular flexibility index (Phi) is 5.00. The highest BCUT2D eigenvalue weighted by molar-refractivity contribution is 5.78. The van der Waals surface area contributed by atoms with E-state index in [0.717, 1.165) is 31.5 Å². The van der Waals surface area contributed by atoms with Crippen molar-refractivity contribution in [3.63, 3.8) is 0 Å². The highest BCUT2D eigenvalue weighted by Gasteiger charge is 2.49. The zero-order valence-corrected chi connectivity index (χ0v) is 18.4. The van der Waals surface area contributed by atoms with Gasteiger partial charge < -0.3 is 9.80 Å². The molecule has 0 radical (unpaired) electrons. The minimum Gasteiger partial charge on any atom is -0.371 e. The van der Waals surface area contributed by atoms with Crippen LogP contribution in [0.3, 0.4) is 0 Å². The fourth-order valence-corrected chi connectivity index (χ4v) is 6.97. The minimum atomic E-state index is 0.466. The van der Waals surface area contributed by atoms with Crippen molar-refractivity contribution in [3.8, 4) is 11.1 Å². The van der Waals surface area contributed by atoms with Crippen LogP contribution < -0.4 is 4.90 Å². The molecule has 2 aromatic rings. The number of aromatic nitrogens is 2. The van der Waals surface area contributed by atoms with Gasteiger partial charge in [0.05, 0.1) is 6.20 Å². The molecule has 3 atom stereocenters. The van der Waals surface area contributed by atoms with E-state index in [4.69, 9.17) is 0 Å². The molecule has 4 heterocycles. The number of carbonyl (C=O) groups is 1. The molecule has 164 valence electrons. The van der Waals surface area contributed by atoms with Gasteiger partial charge in [0.1, 0.15) is 0 Å². The second-order valence-electron chi connectivity index (χ2n) is 10.3. The summed E-state index contributed by atoms with van der Waals surface area (Å²) in [6.45, 7) is 2.21. The quantitative estimate of drug-likeness (QED) is 0.760. The fourth-order valence-electron chi connectivity index (χ4n) is 6.97. The average Bonchev–Trinajstić information content (AvgIpc) is 3.58. The lowest BCUT2D eigenvalue weighted by Crippen LogP contribution is -2.40. The Morgan fingerprint density at radius 2 is 2.00 bits per heavy atom. The van der Waals surface area contributed by atoms with Crippen LogP contribution in [0, 0.1) is 11.8 Å².